The summed E-state index contributed by atoms with van der Waals surface area (Å²) in [4.78, 5) is 2.82. The highest BCUT2D eigenvalue weighted by atomic mass is 15.2. The van der Waals surface area contributed by atoms with Crippen molar-refractivity contribution in [1.29, 1.82) is 0 Å². The number of nitrogens with zero attached hydrogens (tertiary/aromatic N) is 1. The fourth-order valence-electron chi connectivity index (χ4n) is 3.57. The van der Waals surface area contributed by atoms with E-state index in [1.165, 1.54) is 64.6 Å². The summed E-state index contributed by atoms with van der Waals surface area (Å²) in [6, 6.07) is 1.64. The third-order valence-electron chi connectivity index (χ3n) is 4.72. The molecule has 2 fully saturated rings. The molecule has 19 heavy (non-hydrogen) atoms. The van der Waals surface area contributed by atoms with Crippen LogP contribution < -0.4 is 5.32 Å². The highest BCUT2D eigenvalue weighted by molar-refractivity contribution is 4.90. The maximum absolute atomic E-state index is 3.82. The lowest BCUT2D eigenvalue weighted by atomic mass is 10.1. The van der Waals surface area contributed by atoms with Gasteiger partial charge in [-0.25, -0.2) is 0 Å². The molecule has 0 saturated heterocycles. The molecule has 112 valence electrons. The first kappa shape index (κ1) is 15.3. The third-order valence-corrected chi connectivity index (χ3v) is 4.72. The fraction of sp³-hybridized carbons (Fsp3) is 1.00. The van der Waals surface area contributed by atoms with Crippen molar-refractivity contribution in [2.45, 2.75) is 77.8 Å². The second kappa shape index (κ2) is 7.64. The van der Waals surface area contributed by atoms with Gasteiger partial charge in [0.1, 0.15) is 0 Å². The minimum absolute atomic E-state index is 0.763. The summed E-state index contributed by atoms with van der Waals surface area (Å²) < 4.78 is 0. The molecule has 2 aliphatic rings. The third kappa shape index (κ3) is 5.07. The summed E-state index contributed by atoms with van der Waals surface area (Å²) in [5.74, 6) is 1.77. The van der Waals surface area contributed by atoms with Crippen LogP contribution in [0.25, 0.3) is 0 Å². The van der Waals surface area contributed by atoms with Gasteiger partial charge in [-0.1, -0.05) is 33.6 Å². The quantitative estimate of drug-likeness (QED) is 0.685. The van der Waals surface area contributed by atoms with Crippen LogP contribution >= 0.6 is 0 Å². The zero-order valence-electron chi connectivity index (χ0n) is 13.3. The summed E-state index contributed by atoms with van der Waals surface area (Å²) in [5, 5.41) is 3.82. The Morgan fingerprint density at radius 1 is 1.05 bits per heavy atom. The SMILES string of the molecule is CCCNC(CN(CC(C)C)C1CCCC1)C1CC1. The van der Waals surface area contributed by atoms with Gasteiger partial charge in [0.2, 0.25) is 0 Å². The van der Waals surface area contributed by atoms with E-state index in [1.807, 2.05) is 0 Å². The molecule has 2 rings (SSSR count). The smallest absolute Gasteiger partial charge is 0.0223 e. The van der Waals surface area contributed by atoms with Gasteiger partial charge in [0, 0.05) is 25.2 Å². The van der Waals surface area contributed by atoms with Crippen LogP contribution in [0.15, 0.2) is 0 Å². The van der Waals surface area contributed by atoms with E-state index in [1.54, 1.807) is 0 Å². The van der Waals surface area contributed by atoms with Crippen LogP contribution in [0, 0.1) is 11.8 Å². The van der Waals surface area contributed by atoms with E-state index in [0.717, 1.165) is 23.9 Å². The van der Waals surface area contributed by atoms with E-state index in [-0.39, 0.29) is 0 Å². The Hall–Kier alpha value is -0.0800. The maximum atomic E-state index is 3.82. The van der Waals surface area contributed by atoms with Gasteiger partial charge in [0.25, 0.3) is 0 Å². The normalized spacial score (nSPS) is 22.6. The van der Waals surface area contributed by atoms with Crippen LogP contribution in [0.4, 0.5) is 0 Å². The Balaban J connectivity index is 1.88. The van der Waals surface area contributed by atoms with Gasteiger partial charge in [-0.05, 0) is 50.5 Å². The Bertz CT molecular complexity index is 242. The van der Waals surface area contributed by atoms with E-state index >= 15 is 0 Å². The number of hydrogen-bond acceptors (Lipinski definition) is 2. The predicted molar refractivity (Wildman–Crippen MR) is 83.5 cm³/mol. The largest absolute Gasteiger partial charge is 0.312 e. The molecule has 0 aliphatic heterocycles. The molecule has 1 atom stereocenters. The molecule has 2 aliphatic carbocycles. The number of rotatable bonds is 9. The van der Waals surface area contributed by atoms with Gasteiger partial charge in [0.05, 0.1) is 0 Å². The highest BCUT2D eigenvalue weighted by Gasteiger charge is 2.34. The first-order valence-electron chi connectivity index (χ1n) is 8.68. The van der Waals surface area contributed by atoms with Crippen LogP contribution in [0.3, 0.4) is 0 Å². The maximum Gasteiger partial charge on any atom is 0.0223 e. The molecule has 1 N–H and O–H groups in total. The molecule has 0 aromatic carbocycles. The van der Waals surface area contributed by atoms with Crippen molar-refractivity contribution in [3.05, 3.63) is 0 Å². The molecule has 0 spiro atoms. The molecule has 0 aromatic heterocycles. The van der Waals surface area contributed by atoms with Crippen LogP contribution in [0.1, 0.15) is 65.7 Å². The Kier molecular flexibility index (Phi) is 6.15. The average molecular weight is 266 g/mol. The topological polar surface area (TPSA) is 15.3 Å². The molecule has 2 nitrogen and oxygen atoms in total. The predicted octanol–water partition coefficient (Wildman–Crippen LogP) is 3.67. The Morgan fingerprint density at radius 3 is 2.26 bits per heavy atom. The summed E-state index contributed by atoms with van der Waals surface area (Å²) >= 11 is 0. The standard InChI is InChI=1S/C17H34N2/c1-4-11-18-17(15-9-10-15)13-19(12-14(2)3)16-7-5-6-8-16/h14-18H,4-13H2,1-3H3. The van der Waals surface area contributed by atoms with Crippen LogP contribution in [0.5, 0.6) is 0 Å². The van der Waals surface area contributed by atoms with E-state index in [0.29, 0.717) is 0 Å². The molecule has 0 heterocycles. The van der Waals surface area contributed by atoms with E-state index < -0.39 is 0 Å². The Morgan fingerprint density at radius 2 is 1.74 bits per heavy atom. The fourth-order valence-corrected chi connectivity index (χ4v) is 3.57. The minimum Gasteiger partial charge on any atom is -0.312 e. The van der Waals surface area contributed by atoms with Gasteiger partial charge < -0.3 is 5.32 Å². The van der Waals surface area contributed by atoms with Gasteiger partial charge in [0.15, 0.2) is 0 Å². The zero-order valence-corrected chi connectivity index (χ0v) is 13.3. The molecule has 1 unspecified atom stereocenters. The van der Waals surface area contributed by atoms with Crippen molar-refractivity contribution >= 4 is 0 Å². The number of hydrogen-bond donors (Lipinski definition) is 1. The second-order valence-electron chi connectivity index (χ2n) is 7.18. The van der Waals surface area contributed by atoms with Gasteiger partial charge in [-0.2, -0.15) is 0 Å². The van der Waals surface area contributed by atoms with Crippen molar-refractivity contribution < 1.29 is 0 Å². The van der Waals surface area contributed by atoms with Crippen molar-refractivity contribution in [3.63, 3.8) is 0 Å². The monoisotopic (exact) mass is 266 g/mol. The molecule has 2 heteroatoms. The molecule has 2 saturated carbocycles. The van der Waals surface area contributed by atoms with E-state index in [9.17, 15) is 0 Å². The lowest BCUT2D eigenvalue weighted by molar-refractivity contribution is 0.153. The Labute approximate surface area is 120 Å². The number of nitrogens with one attached hydrogen (secondary N) is 1. The van der Waals surface area contributed by atoms with Gasteiger partial charge >= 0.3 is 0 Å². The van der Waals surface area contributed by atoms with Crippen molar-refractivity contribution in [2.24, 2.45) is 11.8 Å². The lowest BCUT2D eigenvalue weighted by Crippen LogP contribution is -2.47. The molecule has 0 amide bonds. The van der Waals surface area contributed by atoms with Crippen molar-refractivity contribution in [3.8, 4) is 0 Å². The summed E-state index contributed by atoms with van der Waals surface area (Å²) in [6.45, 7) is 10.8. The molecule has 0 bridgehead atoms. The van der Waals surface area contributed by atoms with Crippen LogP contribution in [-0.4, -0.2) is 36.6 Å². The van der Waals surface area contributed by atoms with E-state index in [4.69, 9.17) is 0 Å². The van der Waals surface area contributed by atoms with E-state index in [2.05, 4.69) is 31.0 Å². The minimum atomic E-state index is 0.763. The van der Waals surface area contributed by atoms with Crippen molar-refractivity contribution in [1.82, 2.24) is 10.2 Å². The first-order chi connectivity index (χ1) is 9.20. The molecule has 0 radical (unpaired) electrons. The summed E-state index contributed by atoms with van der Waals surface area (Å²) in [6.07, 6.45) is 9.97. The van der Waals surface area contributed by atoms with Gasteiger partial charge in [-0.15, -0.1) is 0 Å². The lowest BCUT2D eigenvalue weighted by Gasteiger charge is -2.34. The highest BCUT2D eigenvalue weighted by Crippen LogP contribution is 2.34. The van der Waals surface area contributed by atoms with Crippen molar-refractivity contribution in [2.75, 3.05) is 19.6 Å². The summed E-state index contributed by atoms with van der Waals surface area (Å²) in [7, 11) is 0. The molecular formula is C17H34N2. The average Bonchev–Trinajstić information content (AvgIpc) is 3.07. The summed E-state index contributed by atoms with van der Waals surface area (Å²) in [5.41, 5.74) is 0. The van der Waals surface area contributed by atoms with Crippen LogP contribution in [0.2, 0.25) is 0 Å². The second-order valence-corrected chi connectivity index (χ2v) is 7.18. The van der Waals surface area contributed by atoms with Gasteiger partial charge in [-0.3, -0.25) is 4.90 Å². The zero-order chi connectivity index (χ0) is 13.7. The molecule has 0 aromatic rings. The van der Waals surface area contributed by atoms with Crippen LogP contribution in [-0.2, 0) is 0 Å². The molecular weight excluding hydrogens is 232 g/mol. The first-order valence-corrected chi connectivity index (χ1v) is 8.68.